The molecule has 1 amide bonds. The smallest absolute Gasteiger partial charge is 0.475 e. The molecule has 0 saturated carbocycles. The lowest BCUT2D eigenvalue weighted by atomic mass is 10.2. The summed E-state index contributed by atoms with van der Waals surface area (Å²) in [4.78, 5) is 25.9. The van der Waals surface area contributed by atoms with Crippen LogP contribution in [0.2, 0.25) is 5.02 Å². The van der Waals surface area contributed by atoms with Crippen LogP contribution >= 0.6 is 11.6 Å². The molecule has 2 saturated heterocycles. The Morgan fingerprint density at radius 3 is 2.30 bits per heavy atom. The van der Waals surface area contributed by atoms with E-state index >= 15 is 0 Å². The number of halogens is 4. The van der Waals surface area contributed by atoms with Crippen LogP contribution in [0.25, 0.3) is 0 Å². The number of carbonyl (C=O) groups is 2. The molecule has 0 radical (unpaired) electrons. The van der Waals surface area contributed by atoms with Crippen LogP contribution in [0.5, 0.6) is 0 Å². The van der Waals surface area contributed by atoms with Crippen molar-refractivity contribution < 1.29 is 41.0 Å². The second-order valence-electron chi connectivity index (χ2n) is 8.38. The molecule has 2 heterocycles. The number of carboxylic acids is 1. The maximum atomic E-state index is 13.1. The van der Waals surface area contributed by atoms with Crippen LogP contribution in [0, 0.1) is 0 Å². The van der Waals surface area contributed by atoms with Crippen molar-refractivity contribution in [2.24, 2.45) is 0 Å². The van der Waals surface area contributed by atoms with Gasteiger partial charge >= 0.3 is 12.1 Å². The predicted octanol–water partition coefficient (Wildman–Crippen LogP) is 1.37. The summed E-state index contributed by atoms with van der Waals surface area (Å²) in [6.45, 7) is 7.02. The third-order valence-electron chi connectivity index (χ3n) is 5.70. The van der Waals surface area contributed by atoms with Gasteiger partial charge in [-0.15, -0.1) is 0 Å². The minimum Gasteiger partial charge on any atom is -0.475 e. The van der Waals surface area contributed by atoms with Gasteiger partial charge in [0.25, 0.3) is 5.91 Å². The molecule has 0 aliphatic carbocycles. The van der Waals surface area contributed by atoms with Gasteiger partial charge in [0, 0.05) is 69.5 Å². The summed E-state index contributed by atoms with van der Waals surface area (Å²) < 4.78 is 64.1. The van der Waals surface area contributed by atoms with E-state index in [4.69, 9.17) is 26.2 Å². The number of nitrogens with one attached hydrogen (secondary N) is 1. The van der Waals surface area contributed by atoms with Gasteiger partial charge < -0.3 is 20.1 Å². The van der Waals surface area contributed by atoms with Gasteiger partial charge in [-0.25, -0.2) is 13.2 Å². The molecule has 0 atom stereocenters. The number of alkyl halides is 3. The predicted molar refractivity (Wildman–Crippen MR) is 131 cm³/mol. The number of ether oxygens (including phenoxy) is 1. The van der Waals surface area contributed by atoms with E-state index in [9.17, 15) is 26.4 Å². The second-order valence-corrected chi connectivity index (χ2v) is 10.9. The third kappa shape index (κ3) is 11.1. The lowest BCUT2D eigenvalue weighted by Gasteiger charge is -2.30. The summed E-state index contributed by atoms with van der Waals surface area (Å²) in [5.41, 5.74) is 0.480. The fourth-order valence-electron chi connectivity index (χ4n) is 3.71. The molecule has 1 aromatic carbocycles. The highest BCUT2D eigenvalue weighted by Crippen LogP contribution is 2.15. The van der Waals surface area contributed by atoms with Gasteiger partial charge in [0.05, 0.1) is 19.0 Å². The summed E-state index contributed by atoms with van der Waals surface area (Å²) in [6.07, 6.45) is -4.31. The fraction of sp³-hybridized carbons (Fsp3) is 0.636. The first-order valence-corrected chi connectivity index (χ1v) is 13.7. The number of benzene rings is 1. The van der Waals surface area contributed by atoms with Crippen LogP contribution < -0.4 is 5.32 Å². The Morgan fingerprint density at radius 2 is 1.73 bits per heavy atom. The van der Waals surface area contributed by atoms with Crippen LogP contribution in [0.15, 0.2) is 24.3 Å². The monoisotopic (exact) mass is 572 g/mol. The Balaban J connectivity index is 0.000000604. The number of piperazine rings is 1. The van der Waals surface area contributed by atoms with E-state index in [1.54, 1.807) is 29.2 Å². The number of hydrogen-bond acceptors (Lipinski definition) is 7. The van der Waals surface area contributed by atoms with Gasteiger partial charge in [-0.2, -0.15) is 17.5 Å². The molecular weight excluding hydrogens is 541 g/mol. The van der Waals surface area contributed by atoms with Crippen LogP contribution in [0.3, 0.4) is 0 Å². The Kier molecular flexibility index (Phi) is 12.5. The van der Waals surface area contributed by atoms with Gasteiger partial charge in [-0.05, 0) is 24.6 Å². The molecule has 2 fully saturated rings. The fourth-order valence-corrected chi connectivity index (χ4v) is 5.34. The molecular formula is C22H32ClF3N4O6S. The van der Waals surface area contributed by atoms with Crippen molar-refractivity contribution in [3.8, 4) is 0 Å². The quantitative estimate of drug-likeness (QED) is 0.455. The van der Waals surface area contributed by atoms with Gasteiger partial charge in [0.15, 0.2) is 0 Å². The second kappa shape index (κ2) is 14.8. The summed E-state index contributed by atoms with van der Waals surface area (Å²) in [5.74, 6) is -3.01. The van der Waals surface area contributed by atoms with Crippen molar-refractivity contribution in [1.82, 2.24) is 19.4 Å². The summed E-state index contributed by atoms with van der Waals surface area (Å²) in [5, 5.41) is 10.8. The van der Waals surface area contributed by atoms with Gasteiger partial charge in [0.2, 0.25) is 10.0 Å². The van der Waals surface area contributed by atoms with E-state index in [-0.39, 0.29) is 18.2 Å². The number of aliphatic carboxylic acids is 1. The zero-order valence-corrected chi connectivity index (χ0v) is 21.8. The van der Waals surface area contributed by atoms with E-state index in [0.717, 1.165) is 39.3 Å². The topological polar surface area (TPSA) is 119 Å². The van der Waals surface area contributed by atoms with Gasteiger partial charge in [-0.3, -0.25) is 9.69 Å². The molecule has 0 bridgehead atoms. The van der Waals surface area contributed by atoms with Crippen LogP contribution in [0.1, 0.15) is 16.8 Å². The zero-order valence-electron chi connectivity index (χ0n) is 20.3. The number of sulfonamides is 1. The molecule has 37 heavy (non-hydrogen) atoms. The highest BCUT2D eigenvalue weighted by molar-refractivity contribution is 7.89. The van der Waals surface area contributed by atoms with E-state index in [1.165, 1.54) is 4.31 Å². The van der Waals surface area contributed by atoms with E-state index in [0.29, 0.717) is 43.3 Å². The molecule has 0 unspecified atom stereocenters. The largest absolute Gasteiger partial charge is 0.490 e. The van der Waals surface area contributed by atoms with Crippen LogP contribution in [0.4, 0.5) is 13.2 Å². The molecule has 2 aliphatic rings. The number of morpholine rings is 1. The number of amides is 1. The minimum absolute atomic E-state index is 0.0726. The Morgan fingerprint density at radius 1 is 1.11 bits per heavy atom. The van der Waals surface area contributed by atoms with E-state index < -0.39 is 22.2 Å². The molecule has 0 aromatic heterocycles. The van der Waals surface area contributed by atoms with Crippen molar-refractivity contribution in [3.63, 3.8) is 0 Å². The van der Waals surface area contributed by atoms with Gasteiger partial charge in [-0.1, -0.05) is 17.7 Å². The molecule has 2 aliphatic heterocycles. The maximum absolute atomic E-state index is 13.1. The molecule has 15 heteroatoms. The minimum atomic E-state index is -5.08. The first kappa shape index (κ1) is 31.2. The average molecular weight is 573 g/mol. The molecule has 0 spiro atoms. The Hall–Kier alpha value is -1.97. The van der Waals surface area contributed by atoms with Crippen molar-refractivity contribution >= 4 is 33.5 Å². The molecule has 10 nitrogen and oxygen atoms in total. The lowest BCUT2D eigenvalue weighted by molar-refractivity contribution is -0.192. The number of rotatable bonds is 9. The zero-order chi connectivity index (χ0) is 27.5. The Bertz CT molecular complexity index is 987. The van der Waals surface area contributed by atoms with E-state index in [2.05, 4.69) is 10.2 Å². The van der Waals surface area contributed by atoms with Gasteiger partial charge in [0.1, 0.15) is 0 Å². The number of hydrogen-bond donors (Lipinski definition) is 2. The highest BCUT2D eigenvalue weighted by Gasteiger charge is 2.38. The van der Waals surface area contributed by atoms with E-state index in [1.807, 2.05) is 0 Å². The molecule has 210 valence electrons. The van der Waals surface area contributed by atoms with Crippen molar-refractivity contribution in [3.05, 3.63) is 34.9 Å². The first-order chi connectivity index (χ1) is 17.4. The summed E-state index contributed by atoms with van der Waals surface area (Å²) in [7, 11) is -3.40. The van der Waals surface area contributed by atoms with Crippen LogP contribution in [-0.2, 0) is 19.6 Å². The van der Waals surface area contributed by atoms with Crippen LogP contribution in [-0.4, -0.2) is 124 Å². The highest BCUT2D eigenvalue weighted by atomic mass is 35.5. The summed E-state index contributed by atoms with van der Waals surface area (Å²) in [6, 6.07) is 6.80. The standard InChI is InChI=1S/C20H31ClN4O4S.C2HF3O2/c21-19-4-1-3-18(17-19)20(26)24(8-2-7-23-11-14-29-15-12-23)13-16-30(27,28)25-9-5-22-6-10-25;3-2(4,5)1(6)7/h1,3-4,17,22H,2,5-16H2;(H,6,7). The lowest BCUT2D eigenvalue weighted by Crippen LogP contribution is -2.48. The Labute approximate surface area is 219 Å². The maximum Gasteiger partial charge on any atom is 0.490 e. The third-order valence-corrected chi connectivity index (χ3v) is 7.78. The average Bonchev–Trinajstić information content (AvgIpc) is 2.86. The van der Waals surface area contributed by atoms with Crippen molar-refractivity contribution in [2.45, 2.75) is 12.6 Å². The summed E-state index contributed by atoms with van der Waals surface area (Å²) >= 11 is 6.05. The SMILES string of the molecule is O=C(O)C(F)(F)F.O=C(c1cccc(Cl)c1)N(CCCN1CCOCC1)CCS(=O)(=O)N1CCNCC1. The first-order valence-electron chi connectivity index (χ1n) is 11.7. The molecule has 2 N–H and O–H groups in total. The number of carboxylic acid groups (broad SMARTS) is 1. The molecule has 1 aromatic rings. The normalized spacial score (nSPS) is 17.5. The van der Waals surface area contributed by atoms with Crippen molar-refractivity contribution in [2.75, 3.05) is 77.9 Å². The molecule has 3 rings (SSSR count). The van der Waals surface area contributed by atoms with Crippen molar-refractivity contribution in [1.29, 1.82) is 0 Å². The number of nitrogens with zero attached hydrogens (tertiary/aromatic N) is 3. The number of carbonyl (C=O) groups excluding carboxylic acids is 1.